The van der Waals surface area contributed by atoms with E-state index in [2.05, 4.69) is 34.7 Å². The number of hydrogen-bond acceptors (Lipinski definition) is 4. The molecule has 3 heterocycles. The number of benzene rings is 2. The fourth-order valence-corrected chi connectivity index (χ4v) is 4.85. The van der Waals surface area contributed by atoms with Gasteiger partial charge in [0.25, 0.3) is 0 Å². The molecule has 7 heteroatoms. The number of urea groups is 1. The topological polar surface area (TPSA) is 67.6 Å². The van der Waals surface area contributed by atoms with Gasteiger partial charge in [0.2, 0.25) is 5.88 Å². The summed E-state index contributed by atoms with van der Waals surface area (Å²) in [5.74, 6) is 0.494. The summed E-state index contributed by atoms with van der Waals surface area (Å²) in [6.07, 6.45) is 2.56. The van der Waals surface area contributed by atoms with Crippen molar-refractivity contribution in [3.05, 3.63) is 71.2 Å². The first-order valence-electron chi connectivity index (χ1n) is 11.4. The summed E-state index contributed by atoms with van der Waals surface area (Å²) >= 11 is 0. The number of ether oxygens (including phenoxy) is 1. The summed E-state index contributed by atoms with van der Waals surface area (Å²) in [4.78, 5) is 14.5. The zero-order chi connectivity index (χ0) is 23.0. The van der Waals surface area contributed by atoms with Crippen LogP contribution in [0.3, 0.4) is 0 Å². The Hall–Kier alpha value is -3.19. The van der Waals surface area contributed by atoms with Gasteiger partial charge in [-0.05, 0) is 61.9 Å². The van der Waals surface area contributed by atoms with Crippen LogP contribution < -0.4 is 5.32 Å². The van der Waals surface area contributed by atoms with Gasteiger partial charge in [0.15, 0.2) is 0 Å². The minimum atomic E-state index is -0.230. The van der Waals surface area contributed by atoms with Crippen LogP contribution in [0, 0.1) is 19.7 Å². The van der Waals surface area contributed by atoms with Crippen molar-refractivity contribution < 1.29 is 18.4 Å². The molecule has 2 saturated heterocycles. The summed E-state index contributed by atoms with van der Waals surface area (Å²) in [6, 6.07) is 14.9. The largest absolute Gasteiger partial charge is 0.374 e. The number of aromatic nitrogens is 1. The monoisotopic (exact) mass is 449 g/mol. The van der Waals surface area contributed by atoms with E-state index in [0.717, 1.165) is 41.6 Å². The van der Waals surface area contributed by atoms with E-state index in [1.54, 1.807) is 0 Å². The second kappa shape index (κ2) is 8.63. The zero-order valence-corrected chi connectivity index (χ0v) is 18.9. The van der Waals surface area contributed by atoms with Crippen molar-refractivity contribution in [2.24, 2.45) is 0 Å². The highest BCUT2D eigenvalue weighted by molar-refractivity contribution is 5.88. The van der Waals surface area contributed by atoms with E-state index in [0.29, 0.717) is 31.5 Å². The lowest BCUT2D eigenvalue weighted by atomic mass is 9.83. The number of amides is 2. The van der Waals surface area contributed by atoms with Crippen molar-refractivity contribution in [2.75, 3.05) is 25.0 Å². The molecule has 0 saturated carbocycles. The van der Waals surface area contributed by atoms with Crippen molar-refractivity contribution in [2.45, 2.75) is 44.6 Å². The van der Waals surface area contributed by atoms with Crippen LogP contribution in [0.4, 0.5) is 15.1 Å². The average molecular weight is 450 g/mol. The quantitative estimate of drug-likeness (QED) is 0.560. The van der Waals surface area contributed by atoms with Crippen LogP contribution in [0.15, 0.2) is 53.1 Å². The minimum absolute atomic E-state index is 0.161. The van der Waals surface area contributed by atoms with E-state index >= 15 is 0 Å². The summed E-state index contributed by atoms with van der Waals surface area (Å²) in [7, 11) is 0. The van der Waals surface area contributed by atoms with Crippen molar-refractivity contribution in [1.82, 2.24) is 10.1 Å². The highest BCUT2D eigenvalue weighted by atomic mass is 19.1. The van der Waals surface area contributed by atoms with E-state index in [1.807, 2.05) is 30.9 Å². The number of carbonyl (C=O) groups is 1. The molecule has 0 bridgehead atoms. The van der Waals surface area contributed by atoms with Gasteiger partial charge in [0, 0.05) is 24.6 Å². The Kier molecular flexibility index (Phi) is 5.66. The molecule has 2 aliphatic heterocycles. The maximum atomic E-state index is 13.3. The fourth-order valence-electron chi connectivity index (χ4n) is 4.85. The smallest absolute Gasteiger partial charge is 0.324 e. The molecule has 5 rings (SSSR count). The third-order valence-electron chi connectivity index (χ3n) is 7.08. The van der Waals surface area contributed by atoms with Gasteiger partial charge < -0.3 is 14.2 Å². The van der Waals surface area contributed by atoms with Gasteiger partial charge in [-0.2, -0.15) is 0 Å². The van der Waals surface area contributed by atoms with Gasteiger partial charge in [0.1, 0.15) is 5.82 Å². The lowest BCUT2D eigenvalue weighted by Crippen LogP contribution is -2.47. The second-order valence-electron chi connectivity index (χ2n) is 9.17. The number of rotatable bonds is 3. The first kappa shape index (κ1) is 21.6. The molecule has 1 spiro atoms. The average Bonchev–Trinajstić information content (AvgIpc) is 3.39. The lowest BCUT2D eigenvalue weighted by Gasteiger charge is -2.38. The summed E-state index contributed by atoms with van der Waals surface area (Å²) in [5.41, 5.74) is 4.76. The third kappa shape index (κ3) is 4.37. The predicted octanol–water partition coefficient (Wildman–Crippen LogP) is 5.67. The van der Waals surface area contributed by atoms with Gasteiger partial charge in [-0.15, -0.1) is 0 Å². The molecule has 0 radical (unpaired) electrons. The molecule has 2 amide bonds. The van der Waals surface area contributed by atoms with Crippen molar-refractivity contribution in [3.8, 4) is 11.1 Å². The molecule has 2 fully saturated rings. The van der Waals surface area contributed by atoms with Crippen LogP contribution >= 0.6 is 0 Å². The van der Waals surface area contributed by atoms with Crippen LogP contribution in [-0.4, -0.2) is 41.4 Å². The maximum absolute atomic E-state index is 13.3. The predicted molar refractivity (Wildman–Crippen MR) is 124 cm³/mol. The fraction of sp³-hybridized carbons (Fsp3) is 0.385. The Balaban J connectivity index is 1.21. The van der Waals surface area contributed by atoms with Gasteiger partial charge in [-0.3, -0.25) is 5.32 Å². The number of carbonyl (C=O) groups excluding carboxylic acids is 1. The highest BCUT2D eigenvalue weighted by Gasteiger charge is 2.44. The second-order valence-corrected chi connectivity index (χ2v) is 9.17. The normalized spacial score (nSPS) is 19.7. The highest BCUT2D eigenvalue weighted by Crippen LogP contribution is 2.43. The van der Waals surface area contributed by atoms with Crippen LogP contribution in [0.25, 0.3) is 11.1 Å². The third-order valence-corrected chi connectivity index (χ3v) is 7.08. The van der Waals surface area contributed by atoms with Gasteiger partial charge >= 0.3 is 6.03 Å². The molecule has 1 atom stereocenters. The van der Waals surface area contributed by atoms with Crippen LogP contribution in [0.1, 0.15) is 42.0 Å². The first-order chi connectivity index (χ1) is 15.9. The number of aryl methyl sites for hydroxylation is 1. The Morgan fingerprint density at radius 2 is 1.88 bits per heavy atom. The number of halogens is 1. The van der Waals surface area contributed by atoms with E-state index < -0.39 is 0 Å². The van der Waals surface area contributed by atoms with Gasteiger partial charge in [0.05, 0.1) is 17.9 Å². The summed E-state index contributed by atoms with van der Waals surface area (Å²) in [5, 5.41) is 6.73. The van der Waals surface area contributed by atoms with E-state index in [4.69, 9.17) is 9.26 Å². The van der Waals surface area contributed by atoms with Crippen molar-refractivity contribution in [1.29, 1.82) is 0 Å². The number of nitrogens with zero attached hydrogens (tertiary/aromatic N) is 2. The molecule has 33 heavy (non-hydrogen) atoms. The lowest BCUT2D eigenvalue weighted by molar-refractivity contribution is -0.0355. The molecular weight excluding hydrogens is 421 g/mol. The molecule has 1 aromatic heterocycles. The molecule has 1 N–H and O–H groups in total. The Morgan fingerprint density at radius 1 is 1.12 bits per heavy atom. The van der Waals surface area contributed by atoms with E-state index in [-0.39, 0.29) is 17.4 Å². The number of hydrogen-bond donors (Lipinski definition) is 1. The molecule has 2 aromatic carbocycles. The number of likely N-dealkylation sites (tertiary alicyclic amines) is 1. The molecule has 0 aliphatic carbocycles. The van der Waals surface area contributed by atoms with Gasteiger partial charge in [-0.25, -0.2) is 9.18 Å². The molecule has 172 valence electrons. The summed E-state index contributed by atoms with van der Waals surface area (Å²) in [6.45, 7) is 5.68. The summed E-state index contributed by atoms with van der Waals surface area (Å²) < 4.78 is 24.8. The SMILES string of the molecule is Cc1noc(NC(=O)N2CCC3(CC2)C[C@@H](c2cccc(-c4ccc(F)cc4)c2)CO3)c1C. The van der Waals surface area contributed by atoms with Crippen LogP contribution in [0.5, 0.6) is 0 Å². The molecule has 3 aromatic rings. The van der Waals surface area contributed by atoms with Crippen LogP contribution in [0.2, 0.25) is 0 Å². The number of nitrogens with one attached hydrogen (secondary N) is 1. The van der Waals surface area contributed by atoms with Crippen molar-refractivity contribution >= 4 is 11.9 Å². The Labute approximate surface area is 192 Å². The molecule has 2 aliphatic rings. The Bertz CT molecular complexity index is 1150. The first-order valence-corrected chi connectivity index (χ1v) is 11.4. The number of piperidine rings is 1. The standard InChI is InChI=1S/C26H28FN3O3/c1-17-18(2)29-33-24(17)28-25(31)30-12-10-26(11-13-30)15-22(16-32-26)21-5-3-4-20(14-21)19-6-8-23(27)9-7-19/h3-9,14,22H,10-13,15-16H2,1-2H3,(H,28,31)/t22-/m1/s1. The molecule has 0 unspecified atom stereocenters. The molecular formula is C26H28FN3O3. The maximum Gasteiger partial charge on any atom is 0.324 e. The van der Waals surface area contributed by atoms with Crippen molar-refractivity contribution in [3.63, 3.8) is 0 Å². The van der Waals surface area contributed by atoms with E-state index in [9.17, 15) is 9.18 Å². The van der Waals surface area contributed by atoms with E-state index in [1.165, 1.54) is 17.7 Å². The Morgan fingerprint density at radius 3 is 2.58 bits per heavy atom. The molecule has 6 nitrogen and oxygen atoms in total. The zero-order valence-electron chi connectivity index (χ0n) is 18.9. The minimum Gasteiger partial charge on any atom is -0.374 e. The number of anilines is 1. The van der Waals surface area contributed by atoms with Gasteiger partial charge in [-0.1, -0.05) is 41.6 Å². The van der Waals surface area contributed by atoms with Crippen LogP contribution in [-0.2, 0) is 4.74 Å².